The van der Waals surface area contributed by atoms with Crippen molar-refractivity contribution in [1.29, 1.82) is 0 Å². The van der Waals surface area contributed by atoms with E-state index in [-0.39, 0.29) is 12.1 Å². The van der Waals surface area contributed by atoms with Crippen LogP contribution in [0.3, 0.4) is 0 Å². The van der Waals surface area contributed by atoms with Gasteiger partial charge in [0.1, 0.15) is 0 Å². The Hall–Kier alpha value is -0.460. The molecule has 2 fully saturated rings. The number of carbonyl (C=O) groups is 1. The zero-order valence-electron chi connectivity index (χ0n) is 10.4. The molecule has 2 amide bonds. The van der Waals surface area contributed by atoms with Crippen molar-refractivity contribution in [3.05, 3.63) is 0 Å². The maximum Gasteiger partial charge on any atom is 0.317 e. The Balaban J connectivity index is 1.88. The molecule has 0 aliphatic carbocycles. The molecule has 3 atom stereocenters. The lowest BCUT2D eigenvalue weighted by atomic mass is 9.94. The van der Waals surface area contributed by atoms with Crippen molar-refractivity contribution in [3.8, 4) is 0 Å². The predicted molar refractivity (Wildman–Crippen MR) is 69.6 cm³/mol. The minimum absolute atomic E-state index is 0.0199. The number of thiol groups is 1. The van der Waals surface area contributed by atoms with E-state index in [2.05, 4.69) is 22.8 Å². The van der Waals surface area contributed by atoms with Gasteiger partial charge in [-0.25, -0.2) is 4.79 Å². The molecule has 2 heterocycles. The number of fused-ring (bicyclic) bond motifs is 1. The van der Waals surface area contributed by atoms with Gasteiger partial charge in [0.2, 0.25) is 0 Å². The van der Waals surface area contributed by atoms with E-state index in [0.717, 1.165) is 19.7 Å². The molecule has 2 aliphatic rings. The molecule has 6 heteroatoms. The molecule has 0 saturated carbocycles. The Kier molecular flexibility index (Phi) is 4.17. The van der Waals surface area contributed by atoms with Gasteiger partial charge in [0.05, 0.1) is 24.8 Å². The maximum absolute atomic E-state index is 11.7. The third-order valence-electron chi connectivity index (χ3n) is 3.71. The van der Waals surface area contributed by atoms with Gasteiger partial charge in [0.15, 0.2) is 0 Å². The summed E-state index contributed by atoms with van der Waals surface area (Å²) in [6.45, 7) is 5.45. The highest BCUT2D eigenvalue weighted by atomic mass is 32.1. The Bertz CT molecular complexity index is 290. The summed E-state index contributed by atoms with van der Waals surface area (Å²) in [4.78, 5) is 16.0. The van der Waals surface area contributed by atoms with Crippen LogP contribution in [0.5, 0.6) is 0 Å². The van der Waals surface area contributed by atoms with Crippen molar-refractivity contribution < 1.29 is 9.53 Å². The SMILES string of the molecule is CCN(C(=O)NC)[C@H](CS)CN1CC2OCC21. The monoisotopic (exact) mass is 259 g/mol. The van der Waals surface area contributed by atoms with E-state index < -0.39 is 0 Å². The summed E-state index contributed by atoms with van der Waals surface area (Å²) in [5.41, 5.74) is 0. The van der Waals surface area contributed by atoms with Crippen molar-refractivity contribution in [2.75, 3.05) is 39.0 Å². The quantitative estimate of drug-likeness (QED) is 0.685. The molecule has 1 N–H and O–H groups in total. The maximum atomic E-state index is 11.7. The van der Waals surface area contributed by atoms with Gasteiger partial charge in [-0.05, 0) is 6.92 Å². The molecule has 2 saturated heterocycles. The number of carbonyl (C=O) groups excluding carboxylic acids is 1. The number of morpholine rings is 1. The number of ether oxygens (including phenoxy) is 1. The fourth-order valence-electron chi connectivity index (χ4n) is 2.51. The van der Waals surface area contributed by atoms with Crippen molar-refractivity contribution in [3.63, 3.8) is 0 Å². The second-order valence-electron chi connectivity index (χ2n) is 4.57. The van der Waals surface area contributed by atoms with Crippen molar-refractivity contribution in [2.45, 2.75) is 25.1 Å². The van der Waals surface area contributed by atoms with Gasteiger partial charge in [0.25, 0.3) is 0 Å². The summed E-state index contributed by atoms with van der Waals surface area (Å²) >= 11 is 4.37. The van der Waals surface area contributed by atoms with Gasteiger partial charge >= 0.3 is 6.03 Å². The first kappa shape index (κ1) is 13.0. The lowest BCUT2D eigenvalue weighted by Gasteiger charge is -2.56. The molecule has 0 aromatic heterocycles. The third kappa shape index (κ3) is 2.39. The van der Waals surface area contributed by atoms with Gasteiger partial charge in [-0.15, -0.1) is 0 Å². The number of nitrogens with one attached hydrogen (secondary N) is 1. The number of amides is 2. The molecular formula is C11H21N3O2S. The summed E-state index contributed by atoms with van der Waals surface area (Å²) in [5, 5.41) is 2.68. The van der Waals surface area contributed by atoms with Gasteiger partial charge in [0, 0.05) is 32.4 Å². The average molecular weight is 259 g/mol. The topological polar surface area (TPSA) is 44.8 Å². The van der Waals surface area contributed by atoms with Crippen LogP contribution in [-0.4, -0.2) is 73.1 Å². The number of rotatable bonds is 5. The van der Waals surface area contributed by atoms with Crippen LogP contribution in [0.25, 0.3) is 0 Å². The van der Waals surface area contributed by atoms with Gasteiger partial charge in [-0.2, -0.15) is 12.6 Å². The number of nitrogens with zero attached hydrogens (tertiary/aromatic N) is 2. The van der Waals surface area contributed by atoms with Crippen LogP contribution in [0.2, 0.25) is 0 Å². The second kappa shape index (κ2) is 5.46. The lowest BCUT2D eigenvalue weighted by molar-refractivity contribution is -0.216. The van der Waals surface area contributed by atoms with E-state index in [4.69, 9.17) is 4.74 Å². The second-order valence-corrected chi connectivity index (χ2v) is 4.94. The number of likely N-dealkylation sites (N-methyl/N-ethyl adjacent to an activating group) is 1. The zero-order chi connectivity index (χ0) is 12.4. The summed E-state index contributed by atoms with van der Waals surface area (Å²) in [5.74, 6) is 0.690. The third-order valence-corrected chi connectivity index (χ3v) is 4.13. The van der Waals surface area contributed by atoms with Crippen molar-refractivity contribution in [1.82, 2.24) is 15.1 Å². The zero-order valence-corrected chi connectivity index (χ0v) is 11.3. The molecule has 17 heavy (non-hydrogen) atoms. The normalized spacial score (nSPS) is 28.6. The van der Waals surface area contributed by atoms with Crippen molar-refractivity contribution in [2.24, 2.45) is 0 Å². The van der Waals surface area contributed by atoms with Crippen LogP contribution in [0.15, 0.2) is 0 Å². The molecular weight excluding hydrogens is 238 g/mol. The Morgan fingerprint density at radius 1 is 1.71 bits per heavy atom. The molecule has 2 rings (SSSR count). The minimum Gasteiger partial charge on any atom is -0.373 e. The van der Waals surface area contributed by atoms with Gasteiger partial charge in [-0.3, -0.25) is 4.90 Å². The smallest absolute Gasteiger partial charge is 0.317 e. The van der Waals surface area contributed by atoms with Crippen LogP contribution in [0.4, 0.5) is 4.79 Å². The molecule has 5 nitrogen and oxygen atoms in total. The molecule has 2 aliphatic heterocycles. The lowest BCUT2D eigenvalue weighted by Crippen LogP contribution is -2.72. The first-order valence-electron chi connectivity index (χ1n) is 6.16. The standard InChI is InChI=1S/C11H21N3O2S/c1-3-14(11(15)12-2)8(7-17)4-13-5-10-9(13)6-16-10/h8-10,17H,3-7H2,1-2H3,(H,12,15)/t8-,9?,10?/m0/s1. The van der Waals surface area contributed by atoms with E-state index in [0.29, 0.717) is 24.4 Å². The van der Waals surface area contributed by atoms with E-state index in [9.17, 15) is 4.79 Å². The minimum atomic E-state index is -0.0199. The highest BCUT2D eigenvalue weighted by Gasteiger charge is 2.47. The molecule has 0 aromatic carbocycles. The van der Waals surface area contributed by atoms with E-state index in [1.54, 1.807) is 7.05 Å². The van der Waals surface area contributed by atoms with Gasteiger partial charge < -0.3 is 15.0 Å². The molecule has 0 spiro atoms. The van der Waals surface area contributed by atoms with E-state index in [1.165, 1.54) is 0 Å². The largest absolute Gasteiger partial charge is 0.373 e. The van der Waals surface area contributed by atoms with Crippen molar-refractivity contribution >= 4 is 18.7 Å². The fraction of sp³-hybridized carbons (Fsp3) is 0.909. The highest BCUT2D eigenvalue weighted by Crippen LogP contribution is 2.30. The first-order valence-corrected chi connectivity index (χ1v) is 6.79. The summed E-state index contributed by atoms with van der Waals surface area (Å²) in [6.07, 6.45) is 0.450. The van der Waals surface area contributed by atoms with Crippen LogP contribution in [0, 0.1) is 0 Å². The summed E-state index contributed by atoms with van der Waals surface area (Å²) in [7, 11) is 1.67. The number of likely N-dealkylation sites (tertiary alicyclic amines) is 1. The fourth-order valence-corrected chi connectivity index (χ4v) is 2.82. The molecule has 0 aromatic rings. The number of hydrogen-bond donors (Lipinski definition) is 2. The Morgan fingerprint density at radius 2 is 2.47 bits per heavy atom. The summed E-state index contributed by atoms with van der Waals surface area (Å²) in [6, 6.07) is 0.735. The van der Waals surface area contributed by atoms with E-state index in [1.807, 2.05) is 11.8 Å². The van der Waals surface area contributed by atoms with Crippen LogP contribution in [0.1, 0.15) is 6.92 Å². The average Bonchev–Trinajstić information content (AvgIpc) is 2.33. The number of urea groups is 1. The summed E-state index contributed by atoms with van der Waals surface area (Å²) < 4.78 is 5.38. The predicted octanol–water partition coefficient (Wildman–Crippen LogP) is 0.0291. The number of hydrogen-bond acceptors (Lipinski definition) is 4. The Labute approximate surface area is 108 Å². The Morgan fingerprint density at radius 3 is 2.82 bits per heavy atom. The van der Waals surface area contributed by atoms with E-state index >= 15 is 0 Å². The van der Waals surface area contributed by atoms with Gasteiger partial charge in [-0.1, -0.05) is 0 Å². The van der Waals surface area contributed by atoms with Crippen LogP contribution in [-0.2, 0) is 4.74 Å². The molecule has 0 radical (unpaired) electrons. The van der Waals surface area contributed by atoms with Crippen LogP contribution < -0.4 is 5.32 Å². The van der Waals surface area contributed by atoms with Crippen LogP contribution >= 0.6 is 12.6 Å². The molecule has 0 bridgehead atoms. The molecule has 98 valence electrons. The molecule has 2 unspecified atom stereocenters. The first-order chi connectivity index (χ1) is 8.21. The highest BCUT2D eigenvalue weighted by molar-refractivity contribution is 7.80.